The number of likely N-dealkylation sites (tertiary alicyclic amines) is 1. The van der Waals surface area contributed by atoms with Crippen molar-refractivity contribution in [1.82, 2.24) is 15.1 Å². The molecule has 3 aromatic rings. The molecule has 2 aromatic carbocycles. The number of hydrogen-bond acceptors (Lipinski definition) is 8. The molecule has 180 valence electrons. The molecule has 1 aromatic heterocycles. The van der Waals surface area contributed by atoms with Crippen molar-refractivity contribution < 1.29 is 28.2 Å². The van der Waals surface area contributed by atoms with Crippen LogP contribution in [0.25, 0.3) is 0 Å². The van der Waals surface area contributed by atoms with Crippen molar-refractivity contribution in [3.05, 3.63) is 58.3 Å². The Balaban J connectivity index is 1.20. The zero-order valence-corrected chi connectivity index (χ0v) is 19.1. The molecule has 12 heteroatoms. The molecule has 1 fully saturated rings. The highest BCUT2D eigenvalue weighted by Crippen LogP contribution is 2.34. The number of benzene rings is 2. The highest BCUT2D eigenvalue weighted by molar-refractivity contribution is 7.15. The van der Waals surface area contributed by atoms with Gasteiger partial charge < -0.3 is 25.0 Å². The molecule has 2 aliphatic heterocycles. The van der Waals surface area contributed by atoms with Crippen molar-refractivity contribution in [2.45, 2.75) is 12.8 Å². The molecule has 10 nitrogen and oxygen atoms in total. The summed E-state index contributed by atoms with van der Waals surface area (Å²) in [5, 5.41) is 13.2. The third kappa shape index (κ3) is 5.06. The van der Waals surface area contributed by atoms with Gasteiger partial charge in [-0.25, -0.2) is 4.39 Å². The van der Waals surface area contributed by atoms with Gasteiger partial charge in [-0.1, -0.05) is 17.4 Å². The Morgan fingerprint density at radius 3 is 2.66 bits per heavy atom. The number of fused-ring (bicyclic) bond motifs is 1. The van der Waals surface area contributed by atoms with Crippen LogP contribution in [0.2, 0.25) is 0 Å². The van der Waals surface area contributed by atoms with Gasteiger partial charge in [0.2, 0.25) is 22.7 Å². The van der Waals surface area contributed by atoms with Crippen LogP contribution in [0.4, 0.5) is 15.8 Å². The molecule has 3 heterocycles. The fourth-order valence-corrected chi connectivity index (χ4v) is 4.59. The van der Waals surface area contributed by atoms with Crippen molar-refractivity contribution in [1.29, 1.82) is 0 Å². The number of ether oxygens (including phenoxy) is 2. The lowest BCUT2D eigenvalue weighted by atomic mass is 9.97. The number of carbonyl (C=O) groups excluding carboxylic acids is 3. The molecule has 2 N–H and O–H groups in total. The minimum atomic E-state index is -0.508. The summed E-state index contributed by atoms with van der Waals surface area (Å²) < 4.78 is 23.9. The molecular weight excluding hydrogens is 477 g/mol. The summed E-state index contributed by atoms with van der Waals surface area (Å²) in [4.78, 5) is 39.8. The smallest absolute Gasteiger partial charge is 0.286 e. The van der Waals surface area contributed by atoms with E-state index >= 15 is 0 Å². The van der Waals surface area contributed by atoms with Crippen LogP contribution in [0, 0.1) is 11.7 Å². The number of nitrogens with one attached hydrogen (secondary N) is 2. The predicted octanol–water partition coefficient (Wildman–Crippen LogP) is 3.15. The van der Waals surface area contributed by atoms with Gasteiger partial charge in [0.05, 0.1) is 5.92 Å². The van der Waals surface area contributed by atoms with E-state index in [9.17, 15) is 18.8 Å². The first-order valence-electron chi connectivity index (χ1n) is 10.9. The third-order valence-electron chi connectivity index (χ3n) is 5.60. The summed E-state index contributed by atoms with van der Waals surface area (Å²) in [6.07, 6.45) is 1.23. The van der Waals surface area contributed by atoms with Gasteiger partial charge in [0.25, 0.3) is 11.8 Å². The molecule has 1 saturated heterocycles. The molecule has 5 rings (SSSR count). The Morgan fingerprint density at radius 1 is 1.00 bits per heavy atom. The van der Waals surface area contributed by atoms with E-state index in [0.717, 1.165) is 11.3 Å². The zero-order chi connectivity index (χ0) is 24.4. The predicted molar refractivity (Wildman–Crippen MR) is 124 cm³/mol. The maximum absolute atomic E-state index is 13.4. The number of halogens is 1. The second-order valence-electron chi connectivity index (χ2n) is 8.02. The van der Waals surface area contributed by atoms with Gasteiger partial charge in [0, 0.05) is 30.5 Å². The number of nitrogens with zero attached hydrogens (tertiary/aromatic N) is 3. The minimum absolute atomic E-state index is 0.0309. The number of aromatic nitrogens is 2. The zero-order valence-electron chi connectivity index (χ0n) is 18.3. The minimum Gasteiger partial charge on any atom is -0.454 e. The molecule has 0 aliphatic carbocycles. The lowest BCUT2D eigenvalue weighted by Crippen LogP contribution is -2.43. The van der Waals surface area contributed by atoms with Crippen molar-refractivity contribution >= 4 is 40.4 Å². The van der Waals surface area contributed by atoms with E-state index in [1.54, 1.807) is 24.3 Å². The summed E-state index contributed by atoms with van der Waals surface area (Å²) in [7, 11) is 0. The summed E-state index contributed by atoms with van der Waals surface area (Å²) in [5.74, 6) is -0.961. The van der Waals surface area contributed by atoms with Crippen LogP contribution in [0.5, 0.6) is 11.5 Å². The summed E-state index contributed by atoms with van der Waals surface area (Å²) in [6, 6.07) is 10.6. The Hall–Kier alpha value is -4.06. The molecule has 0 spiro atoms. The second-order valence-corrected chi connectivity index (χ2v) is 9.00. The van der Waals surface area contributed by atoms with Crippen molar-refractivity contribution in [3.63, 3.8) is 0 Å². The van der Waals surface area contributed by atoms with Crippen LogP contribution in [0.3, 0.4) is 0 Å². The second kappa shape index (κ2) is 9.66. The number of hydrogen-bond donors (Lipinski definition) is 2. The Morgan fingerprint density at radius 2 is 1.80 bits per heavy atom. The number of amides is 3. The Kier molecular flexibility index (Phi) is 6.27. The van der Waals surface area contributed by atoms with E-state index in [1.165, 1.54) is 23.1 Å². The maximum Gasteiger partial charge on any atom is 0.286 e. The van der Waals surface area contributed by atoms with Crippen LogP contribution < -0.4 is 20.1 Å². The number of rotatable bonds is 5. The lowest BCUT2D eigenvalue weighted by Gasteiger charge is -2.31. The largest absolute Gasteiger partial charge is 0.454 e. The van der Waals surface area contributed by atoms with Crippen molar-refractivity contribution in [2.24, 2.45) is 5.92 Å². The average molecular weight is 498 g/mol. The quantitative estimate of drug-likeness (QED) is 0.555. The van der Waals surface area contributed by atoms with Crippen LogP contribution in [-0.2, 0) is 4.79 Å². The Bertz CT molecular complexity index is 1300. The standard InChI is InChI=1S/C23H20FN5O5S/c24-14-4-1-5-15(9-14)25-19(30)13-3-2-8-29(11-13)23(32)22-28-27-21(35-22)20(31)26-16-6-7-17-18(10-16)34-12-33-17/h1,4-7,9-10,13H,2-3,8,11-12H2,(H,25,30)(H,26,31)/t13-/m0/s1. The van der Waals surface area contributed by atoms with Gasteiger partial charge in [-0.2, -0.15) is 0 Å². The SMILES string of the molecule is O=C(Nc1ccc2c(c1)OCO2)c1nnc(C(=O)N2CCC[C@H](C(=O)Nc3cccc(F)c3)C2)s1. The van der Waals surface area contributed by atoms with E-state index in [4.69, 9.17) is 9.47 Å². The molecule has 2 aliphatic rings. The Labute approximate surface area is 203 Å². The summed E-state index contributed by atoms with van der Waals surface area (Å²) in [5.41, 5.74) is 0.853. The first-order chi connectivity index (χ1) is 17.0. The first kappa shape index (κ1) is 22.7. The van der Waals surface area contributed by atoms with E-state index in [-0.39, 0.29) is 29.3 Å². The molecule has 0 radical (unpaired) electrons. The molecule has 0 saturated carbocycles. The van der Waals surface area contributed by atoms with Gasteiger partial charge in [-0.3, -0.25) is 14.4 Å². The van der Waals surface area contributed by atoms with E-state index in [1.807, 2.05) is 0 Å². The summed E-state index contributed by atoms with van der Waals surface area (Å²) in [6.45, 7) is 0.775. The molecular formula is C23H20FN5O5S. The maximum atomic E-state index is 13.4. The van der Waals surface area contributed by atoms with E-state index in [2.05, 4.69) is 20.8 Å². The summed E-state index contributed by atoms with van der Waals surface area (Å²) >= 11 is 0.878. The van der Waals surface area contributed by atoms with Crippen molar-refractivity contribution in [2.75, 3.05) is 30.5 Å². The fourth-order valence-electron chi connectivity index (χ4n) is 3.88. The lowest BCUT2D eigenvalue weighted by molar-refractivity contribution is -0.121. The monoisotopic (exact) mass is 497 g/mol. The normalized spacial score (nSPS) is 16.6. The van der Waals surface area contributed by atoms with Crippen LogP contribution >= 0.6 is 11.3 Å². The molecule has 0 unspecified atom stereocenters. The topological polar surface area (TPSA) is 123 Å². The van der Waals surface area contributed by atoms with Gasteiger partial charge in [-0.15, -0.1) is 10.2 Å². The fraction of sp³-hybridized carbons (Fsp3) is 0.261. The molecule has 3 amide bonds. The molecule has 0 bridgehead atoms. The highest BCUT2D eigenvalue weighted by atomic mass is 32.1. The number of piperidine rings is 1. The molecule has 1 atom stereocenters. The number of carbonyl (C=O) groups is 3. The highest BCUT2D eigenvalue weighted by Gasteiger charge is 2.31. The van der Waals surface area contributed by atoms with Gasteiger partial charge in [-0.05, 0) is 43.2 Å². The molecule has 35 heavy (non-hydrogen) atoms. The van der Waals surface area contributed by atoms with Crippen molar-refractivity contribution in [3.8, 4) is 11.5 Å². The van der Waals surface area contributed by atoms with Gasteiger partial charge >= 0.3 is 0 Å². The van der Waals surface area contributed by atoms with Crippen LogP contribution in [0.15, 0.2) is 42.5 Å². The van der Waals surface area contributed by atoms with Gasteiger partial charge in [0.15, 0.2) is 11.5 Å². The third-order valence-corrected chi connectivity index (χ3v) is 6.51. The first-order valence-corrected chi connectivity index (χ1v) is 11.7. The van der Waals surface area contributed by atoms with E-state index < -0.39 is 23.5 Å². The number of anilines is 2. The average Bonchev–Trinajstić information content (AvgIpc) is 3.53. The van der Waals surface area contributed by atoms with Crippen LogP contribution in [-0.4, -0.2) is 52.7 Å². The van der Waals surface area contributed by atoms with Gasteiger partial charge in [0.1, 0.15) is 5.82 Å². The van der Waals surface area contributed by atoms with E-state index in [0.29, 0.717) is 42.3 Å². The van der Waals surface area contributed by atoms with Crippen LogP contribution in [0.1, 0.15) is 32.4 Å².